The van der Waals surface area contributed by atoms with Crippen LogP contribution in [0.5, 0.6) is 0 Å². The van der Waals surface area contributed by atoms with E-state index in [1.165, 1.54) is 6.20 Å². The van der Waals surface area contributed by atoms with E-state index in [0.29, 0.717) is 0 Å². The maximum Gasteiger partial charge on any atom is 0.411 e. The lowest BCUT2D eigenvalue weighted by Crippen LogP contribution is -2.18. The summed E-state index contributed by atoms with van der Waals surface area (Å²) in [5, 5.41) is 9.51. The molecule has 7 heteroatoms. The van der Waals surface area contributed by atoms with Crippen LogP contribution in [0, 0.1) is 5.82 Å². The summed E-state index contributed by atoms with van der Waals surface area (Å²) in [7, 11) is 0. The standard InChI is InChI=1S/C10H11F4NO2/c11-8-3-7(4-15-5-8)9(16)1-2-17-6-10(12,13)14/h3-5,9,16H,1-2,6H2. The molecule has 0 saturated heterocycles. The molecule has 0 radical (unpaired) electrons. The number of aliphatic hydroxyl groups is 1. The van der Waals surface area contributed by atoms with Crippen LogP contribution in [-0.2, 0) is 4.74 Å². The van der Waals surface area contributed by atoms with E-state index in [2.05, 4.69) is 9.72 Å². The number of pyridine rings is 1. The number of hydrogen-bond acceptors (Lipinski definition) is 3. The Bertz CT molecular complexity index is 356. The first-order valence-electron chi connectivity index (χ1n) is 4.81. The smallest absolute Gasteiger partial charge is 0.388 e. The van der Waals surface area contributed by atoms with Crippen LogP contribution in [0.1, 0.15) is 18.1 Å². The van der Waals surface area contributed by atoms with Crippen LogP contribution in [0.25, 0.3) is 0 Å². The molecular formula is C10H11F4NO2. The quantitative estimate of drug-likeness (QED) is 0.646. The van der Waals surface area contributed by atoms with Gasteiger partial charge in [0.05, 0.1) is 12.3 Å². The van der Waals surface area contributed by atoms with Crippen LogP contribution < -0.4 is 0 Å². The monoisotopic (exact) mass is 253 g/mol. The van der Waals surface area contributed by atoms with Crippen molar-refractivity contribution in [2.24, 2.45) is 0 Å². The minimum atomic E-state index is -4.38. The second kappa shape index (κ2) is 5.92. The van der Waals surface area contributed by atoms with Gasteiger partial charge < -0.3 is 9.84 Å². The molecule has 0 aliphatic heterocycles. The maximum absolute atomic E-state index is 12.7. The Morgan fingerprint density at radius 1 is 1.35 bits per heavy atom. The summed E-state index contributed by atoms with van der Waals surface area (Å²) in [5.41, 5.74) is 0.209. The molecule has 0 amide bonds. The number of halogens is 4. The van der Waals surface area contributed by atoms with Gasteiger partial charge >= 0.3 is 6.18 Å². The zero-order valence-corrected chi connectivity index (χ0v) is 8.75. The zero-order chi connectivity index (χ0) is 12.9. The molecule has 0 saturated carbocycles. The molecule has 0 bridgehead atoms. The van der Waals surface area contributed by atoms with E-state index in [9.17, 15) is 22.7 Å². The predicted octanol–water partition coefficient (Wildman–Crippen LogP) is 2.22. The van der Waals surface area contributed by atoms with Crippen LogP contribution >= 0.6 is 0 Å². The first-order chi connectivity index (χ1) is 7.88. The van der Waals surface area contributed by atoms with E-state index in [1.807, 2.05) is 0 Å². The summed E-state index contributed by atoms with van der Waals surface area (Å²) in [6, 6.07) is 1.07. The minimum Gasteiger partial charge on any atom is -0.388 e. The fraction of sp³-hybridized carbons (Fsp3) is 0.500. The topological polar surface area (TPSA) is 42.4 Å². The Labute approximate surface area is 95.0 Å². The highest BCUT2D eigenvalue weighted by Crippen LogP contribution is 2.18. The maximum atomic E-state index is 12.7. The van der Waals surface area contributed by atoms with Gasteiger partial charge in [-0.15, -0.1) is 0 Å². The van der Waals surface area contributed by atoms with E-state index in [0.717, 1.165) is 12.3 Å². The highest BCUT2D eigenvalue weighted by atomic mass is 19.4. The lowest BCUT2D eigenvalue weighted by molar-refractivity contribution is -0.175. The van der Waals surface area contributed by atoms with E-state index in [4.69, 9.17) is 0 Å². The molecule has 1 unspecified atom stereocenters. The first kappa shape index (κ1) is 13.9. The average Bonchev–Trinajstić information content (AvgIpc) is 2.23. The number of rotatable bonds is 5. The molecular weight excluding hydrogens is 242 g/mol. The lowest BCUT2D eigenvalue weighted by atomic mass is 10.1. The van der Waals surface area contributed by atoms with E-state index >= 15 is 0 Å². The number of ether oxygens (including phenoxy) is 1. The van der Waals surface area contributed by atoms with Gasteiger partial charge in [0.25, 0.3) is 0 Å². The summed E-state index contributed by atoms with van der Waals surface area (Å²) < 4.78 is 52.2. The third-order valence-electron chi connectivity index (χ3n) is 1.91. The van der Waals surface area contributed by atoms with Crippen molar-refractivity contribution in [2.75, 3.05) is 13.2 Å². The second-order valence-corrected chi connectivity index (χ2v) is 3.41. The number of hydrogen-bond donors (Lipinski definition) is 1. The number of aromatic nitrogens is 1. The van der Waals surface area contributed by atoms with Gasteiger partial charge in [-0.1, -0.05) is 0 Å². The second-order valence-electron chi connectivity index (χ2n) is 3.41. The van der Waals surface area contributed by atoms with Crippen molar-refractivity contribution < 1.29 is 27.4 Å². The number of alkyl halides is 3. The Hall–Kier alpha value is -1.21. The summed E-state index contributed by atoms with van der Waals surface area (Å²) in [6.45, 7) is -1.63. The predicted molar refractivity (Wildman–Crippen MR) is 50.6 cm³/mol. The lowest BCUT2D eigenvalue weighted by Gasteiger charge is -2.11. The molecule has 0 aliphatic rings. The van der Waals surface area contributed by atoms with Gasteiger partial charge in [0.2, 0.25) is 0 Å². The summed E-state index contributed by atoms with van der Waals surface area (Å²) in [5.74, 6) is -0.613. The fourth-order valence-electron chi connectivity index (χ4n) is 1.16. The largest absolute Gasteiger partial charge is 0.411 e. The van der Waals surface area contributed by atoms with Crippen LogP contribution in [0.15, 0.2) is 18.5 Å². The van der Waals surface area contributed by atoms with Crippen LogP contribution in [0.4, 0.5) is 17.6 Å². The van der Waals surface area contributed by atoms with Crippen molar-refractivity contribution in [3.63, 3.8) is 0 Å². The fourth-order valence-corrected chi connectivity index (χ4v) is 1.16. The molecule has 1 aromatic rings. The molecule has 0 aliphatic carbocycles. The molecule has 1 heterocycles. The molecule has 1 N–H and O–H groups in total. The van der Waals surface area contributed by atoms with Crippen molar-refractivity contribution >= 4 is 0 Å². The van der Waals surface area contributed by atoms with Gasteiger partial charge in [0.15, 0.2) is 0 Å². The molecule has 3 nitrogen and oxygen atoms in total. The summed E-state index contributed by atoms with van der Waals surface area (Å²) >= 11 is 0. The Kier molecular flexibility index (Phi) is 4.83. The third kappa shape index (κ3) is 5.60. The van der Waals surface area contributed by atoms with Crippen LogP contribution in [0.2, 0.25) is 0 Å². The Morgan fingerprint density at radius 2 is 2.06 bits per heavy atom. The van der Waals surface area contributed by atoms with Crippen LogP contribution in [0.3, 0.4) is 0 Å². The minimum absolute atomic E-state index is 0.0544. The van der Waals surface area contributed by atoms with Crippen molar-refractivity contribution in [2.45, 2.75) is 18.7 Å². The van der Waals surface area contributed by atoms with E-state index in [-0.39, 0.29) is 18.6 Å². The SMILES string of the molecule is OC(CCOCC(F)(F)F)c1cncc(F)c1. The number of nitrogens with zero attached hydrogens (tertiary/aromatic N) is 1. The normalized spacial score (nSPS) is 13.7. The molecule has 96 valence electrons. The molecule has 0 spiro atoms. The van der Waals surface area contributed by atoms with Crippen LogP contribution in [-0.4, -0.2) is 29.5 Å². The molecule has 1 atom stereocenters. The Balaban J connectivity index is 2.33. The highest BCUT2D eigenvalue weighted by Gasteiger charge is 2.27. The van der Waals surface area contributed by atoms with Crippen molar-refractivity contribution in [1.29, 1.82) is 0 Å². The summed E-state index contributed by atoms with van der Waals surface area (Å²) in [6.07, 6.45) is -3.31. The van der Waals surface area contributed by atoms with Gasteiger partial charge in [-0.2, -0.15) is 13.2 Å². The Morgan fingerprint density at radius 3 is 2.65 bits per heavy atom. The molecule has 1 aromatic heterocycles. The molecule has 1 rings (SSSR count). The highest BCUT2D eigenvalue weighted by molar-refractivity contribution is 5.12. The molecule has 0 aromatic carbocycles. The van der Waals surface area contributed by atoms with Gasteiger partial charge in [0, 0.05) is 24.8 Å². The average molecular weight is 253 g/mol. The summed E-state index contributed by atoms with van der Waals surface area (Å²) in [4.78, 5) is 3.52. The van der Waals surface area contributed by atoms with Gasteiger partial charge in [0.1, 0.15) is 12.4 Å². The van der Waals surface area contributed by atoms with Crippen molar-refractivity contribution in [3.8, 4) is 0 Å². The zero-order valence-electron chi connectivity index (χ0n) is 8.75. The van der Waals surface area contributed by atoms with Gasteiger partial charge in [-0.05, 0) is 6.07 Å². The van der Waals surface area contributed by atoms with Crippen molar-refractivity contribution in [3.05, 3.63) is 29.8 Å². The third-order valence-corrected chi connectivity index (χ3v) is 1.91. The van der Waals surface area contributed by atoms with Gasteiger partial charge in [-0.25, -0.2) is 4.39 Å². The van der Waals surface area contributed by atoms with E-state index in [1.54, 1.807) is 0 Å². The molecule has 0 fully saturated rings. The van der Waals surface area contributed by atoms with Gasteiger partial charge in [-0.3, -0.25) is 4.98 Å². The molecule has 17 heavy (non-hydrogen) atoms. The number of aliphatic hydroxyl groups excluding tert-OH is 1. The van der Waals surface area contributed by atoms with Crippen molar-refractivity contribution in [1.82, 2.24) is 4.98 Å². The first-order valence-corrected chi connectivity index (χ1v) is 4.81. The van der Waals surface area contributed by atoms with E-state index < -0.39 is 24.7 Å².